The van der Waals surface area contributed by atoms with Crippen LogP contribution in [0.1, 0.15) is 24.8 Å². The zero-order chi connectivity index (χ0) is 13.6. The van der Waals surface area contributed by atoms with Gasteiger partial charge in [-0.15, -0.1) is 0 Å². The van der Waals surface area contributed by atoms with E-state index in [2.05, 4.69) is 0 Å². The molecule has 19 heavy (non-hydrogen) atoms. The van der Waals surface area contributed by atoms with Gasteiger partial charge in [-0.05, 0) is 43.9 Å². The van der Waals surface area contributed by atoms with Crippen molar-refractivity contribution in [2.45, 2.75) is 31.1 Å². The van der Waals surface area contributed by atoms with E-state index in [-0.39, 0.29) is 9.80 Å². The molecule has 0 saturated carbocycles. The Morgan fingerprint density at radius 3 is 2.84 bits per heavy atom. The fourth-order valence-electron chi connectivity index (χ4n) is 2.78. The molecule has 2 heterocycles. The number of rotatable bonds is 0. The summed E-state index contributed by atoms with van der Waals surface area (Å²) in [5.74, 6) is 0. The second-order valence-corrected chi connectivity index (χ2v) is 6.83. The van der Waals surface area contributed by atoms with Gasteiger partial charge in [0, 0.05) is 12.2 Å². The molecular formula is C14H14N2O2S. The number of piperidine rings is 1. The van der Waals surface area contributed by atoms with Crippen LogP contribution in [0.25, 0.3) is 0 Å². The number of hydrogen-bond donors (Lipinski definition) is 0. The summed E-state index contributed by atoms with van der Waals surface area (Å²) in [4.78, 5) is 2.21. The van der Waals surface area contributed by atoms with E-state index in [9.17, 15) is 13.7 Å². The van der Waals surface area contributed by atoms with Gasteiger partial charge in [0.15, 0.2) is 4.91 Å². The summed E-state index contributed by atoms with van der Waals surface area (Å²) in [5.41, 5.74) is 2.28. The highest BCUT2D eigenvalue weighted by Gasteiger charge is 2.37. The molecule has 1 saturated heterocycles. The first-order valence-corrected chi connectivity index (χ1v) is 7.80. The molecule has 0 amide bonds. The molecular weight excluding hydrogens is 260 g/mol. The van der Waals surface area contributed by atoms with E-state index in [0.717, 1.165) is 30.6 Å². The molecule has 0 aromatic heterocycles. The smallest absolute Gasteiger partial charge is 0.220 e. The largest absolute Gasteiger partial charge is 0.342 e. The second kappa shape index (κ2) is 4.10. The third-order valence-electron chi connectivity index (χ3n) is 3.70. The highest BCUT2D eigenvalue weighted by atomic mass is 32.2. The monoisotopic (exact) mass is 274 g/mol. The lowest BCUT2D eigenvalue weighted by molar-refractivity contribution is 0.590. The first-order chi connectivity index (χ1) is 9.05. The molecule has 1 aromatic carbocycles. The topological polar surface area (TPSA) is 61.2 Å². The Labute approximate surface area is 112 Å². The van der Waals surface area contributed by atoms with Crippen LogP contribution >= 0.6 is 0 Å². The standard InChI is InChI=1S/C14H14N2O2S/c1-10-5-6-12-13(8-10)19(17,18)14(9-15)11-4-2-3-7-16(11)12/h5-6,8H,2-4,7H2,1H3. The van der Waals surface area contributed by atoms with Gasteiger partial charge in [0.05, 0.1) is 10.6 Å². The molecule has 98 valence electrons. The third-order valence-corrected chi connectivity index (χ3v) is 5.47. The van der Waals surface area contributed by atoms with E-state index in [1.807, 2.05) is 30.0 Å². The number of sulfone groups is 1. The van der Waals surface area contributed by atoms with Crippen LogP contribution in [-0.2, 0) is 9.84 Å². The number of benzene rings is 1. The predicted octanol–water partition coefficient (Wildman–Crippen LogP) is 2.51. The summed E-state index contributed by atoms with van der Waals surface area (Å²) in [6, 6.07) is 7.33. The van der Waals surface area contributed by atoms with Crippen LogP contribution in [0.4, 0.5) is 5.69 Å². The summed E-state index contributed by atoms with van der Waals surface area (Å²) in [6.45, 7) is 2.64. The van der Waals surface area contributed by atoms with Gasteiger partial charge in [-0.3, -0.25) is 0 Å². The number of anilines is 1. The van der Waals surface area contributed by atoms with Gasteiger partial charge in [0.2, 0.25) is 9.84 Å². The number of nitrogens with zero attached hydrogens (tertiary/aromatic N) is 2. The van der Waals surface area contributed by atoms with Crippen molar-refractivity contribution in [1.29, 1.82) is 5.26 Å². The Morgan fingerprint density at radius 2 is 2.11 bits per heavy atom. The molecule has 1 aromatic rings. The maximum absolute atomic E-state index is 12.5. The molecule has 0 spiro atoms. The Hall–Kier alpha value is -1.80. The molecule has 2 aliphatic rings. The molecule has 0 bridgehead atoms. The Bertz CT molecular complexity index is 726. The van der Waals surface area contributed by atoms with Crippen molar-refractivity contribution in [2.24, 2.45) is 0 Å². The van der Waals surface area contributed by atoms with Crippen LogP contribution in [0.3, 0.4) is 0 Å². The van der Waals surface area contributed by atoms with Crippen LogP contribution in [-0.4, -0.2) is 15.0 Å². The Morgan fingerprint density at radius 1 is 1.32 bits per heavy atom. The SMILES string of the molecule is Cc1ccc2c(c1)S(=O)(=O)C(C#N)=C1CCCCN12. The highest BCUT2D eigenvalue weighted by Crippen LogP contribution is 2.42. The highest BCUT2D eigenvalue weighted by molar-refractivity contribution is 7.95. The number of hydrogen-bond acceptors (Lipinski definition) is 4. The van der Waals surface area contributed by atoms with E-state index in [1.54, 1.807) is 6.07 Å². The Kier molecular flexibility index (Phi) is 2.64. The zero-order valence-electron chi connectivity index (χ0n) is 10.7. The van der Waals surface area contributed by atoms with Crippen molar-refractivity contribution in [3.8, 4) is 6.07 Å². The molecule has 5 heteroatoms. The number of nitriles is 1. The minimum absolute atomic E-state index is 0.0645. The Balaban J connectivity index is 2.35. The number of allylic oxidation sites excluding steroid dienone is 2. The normalized spacial score (nSPS) is 20.5. The van der Waals surface area contributed by atoms with Crippen LogP contribution in [0, 0.1) is 18.3 Å². The average Bonchev–Trinajstić information content (AvgIpc) is 2.39. The van der Waals surface area contributed by atoms with Gasteiger partial charge in [-0.2, -0.15) is 5.26 Å². The van der Waals surface area contributed by atoms with E-state index in [0.29, 0.717) is 12.1 Å². The van der Waals surface area contributed by atoms with Crippen LogP contribution < -0.4 is 4.90 Å². The molecule has 4 nitrogen and oxygen atoms in total. The van der Waals surface area contributed by atoms with Gasteiger partial charge in [0.25, 0.3) is 0 Å². The fourth-order valence-corrected chi connectivity index (χ4v) is 4.44. The van der Waals surface area contributed by atoms with Crippen molar-refractivity contribution in [3.63, 3.8) is 0 Å². The summed E-state index contributed by atoms with van der Waals surface area (Å²) in [6.07, 6.45) is 2.62. The summed E-state index contributed by atoms with van der Waals surface area (Å²) >= 11 is 0. The van der Waals surface area contributed by atoms with Gasteiger partial charge >= 0.3 is 0 Å². The fraction of sp³-hybridized carbons (Fsp3) is 0.357. The molecule has 0 N–H and O–H groups in total. The predicted molar refractivity (Wildman–Crippen MR) is 72.2 cm³/mol. The van der Waals surface area contributed by atoms with E-state index >= 15 is 0 Å². The molecule has 1 fully saturated rings. The summed E-state index contributed by atoms with van der Waals surface area (Å²) in [7, 11) is -3.65. The average molecular weight is 274 g/mol. The first kappa shape index (κ1) is 12.2. The molecule has 0 atom stereocenters. The maximum atomic E-state index is 12.5. The van der Waals surface area contributed by atoms with Crippen molar-refractivity contribution in [1.82, 2.24) is 0 Å². The van der Waals surface area contributed by atoms with Crippen molar-refractivity contribution in [3.05, 3.63) is 34.4 Å². The summed E-state index contributed by atoms with van der Waals surface area (Å²) < 4.78 is 25.1. The second-order valence-electron chi connectivity index (χ2n) is 4.97. The van der Waals surface area contributed by atoms with Crippen molar-refractivity contribution >= 4 is 15.5 Å². The van der Waals surface area contributed by atoms with Gasteiger partial charge in [0.1, 0.15) is 6.07 Å². The molecule has 2 aliphatic heterocycles. The van der Waals surface area contributed by atoms with Crippen molar-refractivity contribution < 1.29 is 8.42 Å². The molecule has 0 radical (unpaired) electrons. The van der Waals surface area contributed by atoms with Crippen LogP contribution in [0.2, 0.25) is 0 Å². The minimum atomic E-state index is -3.65. The number of aryl methyl sites for hydroxylation is 1. The molecule has 3 rings (SSSR count). The number of fused-ring (bicyclic) bond motifs is 3. The van der Waals surface area contributed by atoms with E-state index < -0.39 is 9.84 Å². The summed E-state index contributed by atoms with van der Waals surface area (Å²) in [5, 5.41) is 9.25. The lowest BCUT2D eigenvalue weighted by atomic mass is 10.0. The van der Waals surface area contributed by atoms with Gasteiger partial charge in [-0.1, -0.05) is 6.07 Å². The quantitative estimate of drug-likeness (QED) is 0.729. The van der Waals surface area contributed by atoms with Crippen LogP contribution in [0.5, 0.6) is 0 Å². The van der Waals surface area contributed by atoms with Gasteiger partial charge in [-0.25, -0.2) is 8.42 Å². The van der Waals surface area contributed by atoms with Crippen molar-refractivity contribution in [2.75, 3.05) is 11.4 Å². The van der Waals surface area contributed by atoms with Gasteiger partial charge < -0.3 is 4.90 Å². The maximum Gasteiger partial charge on any atom is 0.220 e. The lowest BCUT2D eigenvalue weighted by Crippen LogP contribution is -2.34. The minimum Gasteiger partial charge on any atom is -0.342 e. The first-order valence-electron chi connectivity index (χ1n) is 6.32. The van der Waals surface area contributed by atoms with E-state index in [1.165, 1.54) is 0 Å². The van der Waals surface area contributed by atoms with Crippen LogP contribution in [0.15, 0.2) is 33.7 Å². The molecule has 0 aliphatic carbocycles. The van der Waals surface area contributed by atoms with E-state index in [4.69, 9.17) is 0 Å². The third kappa shape index (κ3) is 1.67. The zero-order valence-corrected chi connectivity index (χ0v) is 11.5. The molecule has 0 unspecified atom stereocenters. The lowest BCUT2D eigenvalue weighted by Gasteiger charge is -2.36.